The van der Waals surface area contributed by atoms with E-state index in [1.165, 1.54) is 6.42 Å². The summed E-state index contributed by atoms with van der Waals surface area (Å²) in [6.07, 6.45) is 5.82. The normalized spacial score (nSPS) is 15.8. The minimum Gasteiger partial charge on any atom is -0.481 e. The van der Waals surface area contributed by atoms with E-state index in [1.54, 1.807) is 0 Å². The Bertz CT molecular complexity index is 349. The van der Waals surface area contributed by atoms with Crippen LogP contribution in [0.4, 0.5) is 0 Å². The Hall–Kier alpha value is -1.06. The lowest BCUT2D eigenvalue weighted by Crippen LogP contribution is -2.46. The van der Waals surface area contributed by atoms with Gasteiger partial charge in [0.25, 0.3) is 0 Å². The fourth-order valence-corrected chi connectivity index (χ4v) is 3.64. The number of carboxylic acid groups (broad SMARTS) is 2. The van der Waals surface area contributed by atoms with Gasteiger partial charge in [-0.15, -0.1) is 0 Å². The van der Waals surface area contributed by atoms with E-state index in [-0.39, 0.29) is 24.2 Å². The van der Waals surface area contributed by atoms with Crippen LogP contribution in [0.15, 0.2) is 0 Å². The third-order valence-corrected chi connectivity index (χ3v) is 4.98. The van der Waals surface area contributed by atoms with Gasteiger partial charge in [-0.1, -0.05) is 66.7 Å². The molecule has 22 heavy (non-hydrogen) atoms. The van der Waals surface area contributed by atoms with Gasteiger partial charge in [-0.05, 0) is 24.2 Å². The Morgan fingerprint density at radius 1 is 0.955 bits per heavy atom. The summed E-state index contributed by atoms with van der Waals surface area (Å²) in [5.74, 6) is -2.13. The first-order valence-electron chi connectivity index (χ1n) is 8.65. The van der Waals surface area contributed by atoms with Crippen LogP contribution in [0.25, 0.3) is 0 Å². The third kappa shape index (κ3) is 5.62. The Labute approximate surface area is 135 Å². The number of carboxylic acids is 2. The van der Waals surface area contributed by atoms with E-state index in [0.29, 0.717) is 6.42 Å². The summed E-state index contributed by atoms with van der Waals surface area (Å²) < 4.78 is 0. The number of aliphatic carboxylic acids is 2. The van der Waals surface area contributed by atoms with E-state index in [9.17, 15) is 19.8 Å². The second-order valence-corrected chi connectivity index (χ2v) is 7.11. The largest absolute Gasteiger partial charge is 0.481 e. The van der Waals surface area contributed by atoms with Gasteiger partial charge >= 0.3 is 11.9 Å². The molecule has 0 radical (unpaired) electrons. The zero-order chi connectivity index (χ0) is 17.3. The molecule has 0 saturated heterocycles. The highest BCUT2D eigenvalue weighted by molar-refractivity contribution is 5.77. The van der Waals surface area contributed by atoms with Gasteiger partial charge in [-0.25, -0.2) is 0 Å². The van der Waals surface area contributed by atoms with Gasteiger partial charge in [-0.2, -0.15) is 0 Å². The van der Waals surface area contributed by atoms with Crippen molar-refractivity contribution >= 4 is 11.9 Å². The minimum atomic E-state index is -0.946. The van der Waals surface area contributed by atoms with E-state index < -0.39 is 17.4 Å². The number of carbonyl (C=O) groups is 2. The van der Waals surface area contributed by atoms with Crippen molar-refractivity contribution < 1.29 is 19.8 Å². The number of unbranched alkanes of at least 4 members (excludes halogenated alkanes) is 4. The summed E-state index contributed by atoms with van der Waals surface area (Å²) in [6.45, 7) is 9.85. The lowest BCUT2D eigenvalue weighted by Gasteiger charge is -2.42. The molecule has 0 aliphatic heterocycles. The van der Waals surface area contributed by atoms with Crippen LogP contribution in [0.2, 0.25) is 0 Å². The Morgan fingerprint density at radius 3 is 1.86 bits per heavy atom. The van der Waals surface area contributed by atoms with E-state index in [1.807, 2.05) is 27.7 Å². The first-order valence-corrected chi connectivity index (χ1v) is 8.65. The molecule has 0 bridgehead atoms. The van der Waals surface area contributed by atoms with E-state index >= 15 is 0 Å². The van der Waals surface area contributed by atoms with Crippen LogP contribution in [-0.2, 0) is 9.59 Å². The van der Waals surface area contributed by atoms with Gasteiger partial charge in [0.05, 0.1) is 5.41 Å². The predicted octanol–water partition coefficient (Wildman–Crippen LogP) is 4.82. The Balaban J connectivity index is 5.28. The highest BCUT2D eigenvalue weighted by atomic mass is 16.4. The van der Waals surface area contributed by atoms with Crippen molar-refractivity contribution in [2.75, 3.05) is 0 Å². The first kappa shape index (κ1) is 20.9. The molecule has 0 spiro atoms. The van der Waals surface area contributed by atoms with Crippen LogP contribution in [0.5, 0.6) is 0 Å². The second kappa shape index (κ2) is 9.86. The fourth-order valence-electron chi connectivity index (χ4n) is 3.64. The molecule has 2 unspecified atom stereocenters. The van der Waals surface area contributed by atoms with Crippen molar-refractivity contribution in [1.29, 1.82) is 0 Å². The fraction of sp³-hybridized carbons (Fsp3) is 0.889. The van der Waals surface area contributed by atoms with Gasteiger partial charge < -0.3 is 10.2 Å². The van der Waals surface area contributed by atoms with Gasteiger partial charge in [0.1, 0.15) is 0 Å². The summed E-state index contributed by atoms with van der Waals surface area (Å²) in [6, 6.07) is 0. The monoisotopic (exact) mass is 314 g/mol. The Morgan fingerprint density at radius 2 is 1.50 bits per heavy atom. The van der Waals surface area contributed by atoms with Crippen LogP contribution >= 0.6 is 0 Å². The summed E-state index contributed by atoms with van der Waals surface area (Å²) in [4.78, 5) is 23.3. The number of rotatable bonds is 12. The molecule has 4 nitrogen and oxygen atoms in total. The molecule has 0 saturated carbocycles. The average Bonchev–Trinajstić information content (AvgIpc) is 2.39. The topological polar surface area (TPSA) is 74.6 Å². The lowest BCUT2D eigenvalue weighted by molar-refractivity contribution is -0.161. The van der Waals surface area contributed by atoms with Gasteiger partial charge in [0, 0.05) is 6.42 Å². The number of hydrogen-bond acceptors (Lipinski definition) is 2. The standard InChI is InChI=1S/C18H34O4/c1-6-7-8-9-10-11-18(14(4)5,17(21)22)15(13(2)3)12-16(19)20/h13-15H,6-12H2,1-5H3,(H,19,20)(H,21,22). The van der Waals surface area contributed by atoms with Crippen LogP contribution in [0.1, 0.15) is 79.6 Å². The third-order valence-electron chi connectivity index (χ3n) is 4.98. The molecule has 0 aromatic heterocycles. The van der Waals surface area contributed by atoms with E-state index in [2.05, 4.69) is 6.92 Å². The van der Waals surface area contributed by atoms with Crippen molar-refractivity contribution in [3.63, 3.8) is 0 Å². The Kier molecular flexibility index (Phi) is 9.38. The van der Waals surface area contributed by atoms with Crippen molar-refractivity contribution in [2.24, 2.45) is 23.2 Å². The summed E-state index contributed by atoms with van der Waals surface area (Å²) in [5, 5.41) is 19.1. The highest BCUT2D eigenvalue weighted by Crippen LogP contribution is 2.46. The first-order chi connectivity index (χ1) is 10.2. The van der Waals surface area contributed by atoms with Gasteiger partial charge in [-0.3, -0.25) is 9.59 Å². The molecular formula is C18H34O4. The quantitative estimate of drug-likeness (QED) is 0.506. The highest BCUT2D eigenvalue weighted by Gasteiger charge is 2.49. The minimum absolute atomic E-state index is 0.0326. The molecule has 0 rings (SSSR count). The lowest BCUT2D eigenvalue weighted by atomic mass is 9.60. The molecule has 0 aliphatic carbocycles. The van der Waals surface area contributed by atoms with E-state index in [4.69, 9.17) is 0 Å². The van der Waals surface area contributed by atoms with Crippen molar-refractivity contribution in [1.82, 2.24) is 0 Å². The SMILES string of the molecule is CCCCCCCC(C(=O)O)(C(C)C)C(CC(=O)O)C(C)C. The maximum atomic E-state index is 12.1. The molecule has 0 fully saturated rings. The van der Waals surface area contributed by atoms with Crippen molar-refractivity contribution in [2.45, 2.75) is 79.6 Å². The van der Waals surface area contributed by atoms with Crippen LogP contribution in [0.3, 0.4) is 0 Å². The molecule has 2 atom stereocenters. The van der Waals surface area contributed by atoms with Crippen LogP contribution in [0, 0.1) is 23.2 Å². The molecule has 0 aromatic rings. The smallest absolute Gasteiger partial charge is 0.310 e. The molecule has 0 amide bonds. The molecule has 2 N–H and O–H groups in total. The summed E-state index contributed by atoms with van der Waals surface area (Å²) >= 11 is 0. The van der Waals surface area contributed by atoms with Gasteiger partial charge in [0.15, 0.2) is 0 Å². The van der Waals surface area contributed by atoms with Crippen LogP contribution < -0.4 is 0 Å². The average molecular weight is 314 g/mol. The van der Waals surface area contributed by atoms with E-state index in [0.717, 1.165) is 25.7 Å². The molecular weight excluding hydrogens is 280 g/mol. The second-order valence-electron chi connectivity index (χ2n) is 7.11. The van der Waals surface area contributed by atoms with Crippen LogP contribution in [-0.4, -0.2) is 22.2 Å². The molecule has 4 heteroatoms. The zero-order valence-corrected chi connectivity index (χ0v) is 14.9. The predicted molar refractivity (Wildman–Crippen MR) is 88.9 cm³/mol. The maximum absolute atomic E-state index is 12.1. The molecule has 0 aromatic carbocycles. The van der Waals surface area contributed by atoms with Crippen molar-refractivity contribution in [3.05, 3.63) is 0 Å². The number of hydrogen-bond donors (Lipinski definition) is 2. The zero-order valence-electron chi connectivity index (χ0n) is 14.9. The molecule has 0 aliphatic rings. The van der Waals surface area contributed by atoms with Gasteiger partial charge in [0.2, 0.25) is 0 Å². The maximum Gasteiger partial charge on any atom is 0.310 e. The molecule has 130 valence electrons. The summed E-state index contributed by atoms with van der Waals surface area (Å²) in [7, 11) is 0. The summed E-state index contributed by atoms with van der Waals surface area (Å²) in [5.41, 5.74) is -0.946. The van der Waals surface area contributed by atoms with Crippen molar-refractivity contribution in [3.8, 4) is 0 Å². The molecule has 0 heterocycles.